The third kappa shape index (κ3) is 6.54. The fourth-order valence-electron chi connectivity index (χ4n) is 1.22. The molecule has 1 N–H and O–H groups in total. The monoisotopic (exact) mass is 315 g/mol. The molecule has 0 bridgehead atoms. The van der Waals surface area contributed by atoms with E-state index in [4.69, 9.17) is 23.2 Å². The van der Waals surface area contributed by atoms with Gasteiger partial charge in [-0.15, -0.1) is 0 Å². The third-order valence-electron chi connectivity index (χ3n) is 2.05. The van der Waals surface area contributed by atoms with E-state index in [1.165, 1.54) is 0 Å². The van der Waals surface area contributed by atoms with E-state index >= 15 is 0 Å². The number of alkyl carbamates (subject to hydrolysis) is 1. The predicted octanol–water partition coefficient (Wildman–Crippen LogP) is 3.82. The quantitative estimate of drug-likeness (QED) is 0.917. The molecule has 0 aliphatic rings. The van der Waals surface area contributed by atoms with Crippen LogP contribution >= 0.6 is 23.2 Å². The van der Waals surface area contributed by atoms with Crippen LogP contribution in [0.4, 0.5) is 18.0 Å². The van der Waals surface area contributed by atoms with Gasteiger partial charge in [0.15, 0.2) is 6.61 Å². The number of hydrogen-bond acceptors (Lipinski definition) is 2. The van der Waals surface area contributed by atoms with Gasteiger partial charge in [-0.1, -0.05) is 29.3 Å². The van der Waals surface area contributed by atoms with Gasteiger partial charge in [0, 0.05) is 16.6 Å². The highest BCUT2D eigenvalue weighted by Gasteiger charge is 2.29. The molecule has 0 fully saturated rings. The van der Waals surface area contributed by atoms with Crippen molar-refractivity contribution in [1.82, 2.24) is 5.32 Å². The lowest BCUT2D eigenvalue weighted by molar-refractivity contribution is -0.160. The van der Waals surface area contributed by atoms with Gasteiger partial charge in [0.05, 0.1) is 0 Å². The van der Waals surface area contributed by atoms with Crippen LogP contribution in [0.25, 0.3) is 0 Å². The standard InChI is InChI=1S/C11H10Cl2F3NO2/c12-8-2-1-7(9(13)5-8)3-4-17-10(18)19-6-11(14,15)16/h1-2,5H,3-4,6H2,(H,17,18). The summed E-state index contributed by atoms with van der Waals surface area (Å²) in [5.41, 5.74) is 0.724. The number of carbonyl (C=O) groups is 1. The zero-order chi connectivity index (χ0) is 14.5. The molecule has 3 nitrogen and oxygen atoms in total. The van der Waals surface area contributed by atoms with Crippen LogP contribution in [0.1, 0.15) is 5.56 Å². The Balaban J connectivity index is 2.32. The smallest absolute Gasteiger partial charge is 0.422 e. The topological polar surface area (TPSA) is 38.3 Å². The molecule has 1 amide bonds. The first-order valence-corrected chi connectivity index (χ1v) is 5.95. The summed E-state index contributed by atoms with van der Waals surface area (Å²) in [7, 11) is 0. The maximum absolute atomic E-state index is 11.8. The first kappa shape index (κ1) is 15.9. The van der Waals surface area contributed by atoms with Gasteiger partial charge in [0.25, 0.3) is 0 Å². The van der Waals surface area contributed by atoms with Gasteiger partial charge >= 0.3 is 12.3 Å². The summed E-state index contributed by atoms with van der Waals surface area (Å²) < 4.78 is 39.2. The van der Waals surface area contributed by atoms with Crippen LogP contribution in [0, 0.1) is 0 Å². The summed E-state index contributed by atoms with van der Waals surface area (Å²) >= 11 is 11.6. The molecule has 0 spiro atoms. The van der Waals surface area contributed by atoms with Gasteiger partial charge in [-0.05, 0) is 24.1 Å². The van der Waals surface area contributed by atoms with E-state index in [0.717, 1.165) is 5.56 Å². The van der Waals surface area contributed by atoms with Gasteiger partial charge in [0.1, 0.15) is 0 Å². The molecule has 19 heavy (non-hydrogen) atoms. The fourth-order valence-corrected chi connectivity index (χ4v) is 1.73. The Bertz CT molecular complexity index is 452. The highest BCUT2D eigenvalue weighted by molar-refractivity contribution is 6.35. The van der Waals surface area contributed by atoms with Gasteiger partial charge < -0.3 is 10.1 Å². The van der Waals surface area contributed by atoms with Crippen molar-refractivity contribution in [2.24, 2.45) is 0 Å². The molecule has 0 saturated heterocycles. The second kappa shape index (κ2) is 6.86. The van der Waals surface area contributed by atoms with Crippen molar-refractivity contribution in [1.29, 1.82) is 0 Å². The molecule has 0 radical (unpaired) electrons. The lowest BCUT2D eigenvalue weighted by Crippen LogP contribution is -2.30. The van der Waals surface area contributed by atoms with E-state index in [1.807, 2.05) is 0 Å². The van der Waals surface area contributed by atoms with Crippen molar-refractivity contribution in [3.63, 3.8) is 0 Å². The Morgan fingerprint density at radius 3 is 2.58 bits per heavy atom. The van der Waals surface area contributed by atoms with E-state index in [1.54, 1.807) is 18.2 Å². The average Bonchev–Trinajstić information content (AvgIpc) is 2.28. The maximum Gasteiger partial charge on any atom is 0.422 e. The van der Waals surface area contributed by atoms with Crippen LogP contribution in [0.15, 0.2) is 18.2 Å². The number of nitrogens with one attached hydrogen (secondary N) is 1. The molecule has 0 saturated carbocycles. The van der Waals surface area contributed by atoms with E-state index < -0.39 is 18.9 Å². The SMILES string of the molecule is O=C(NCCc1ccc(Cl)cc1Cl)OCC(F)(F)F. The van der Waals surface area contributed by atoms with Crippen LogP contribution in [0.5, 0.6) is 0 Å². The molecule has 1 aromatic carbocycles. The lowest BCUT2D eigenvalue weighted by Gasteiger charge is -2.09. The summed E-state index contributed by atoms with van der Waals surface area (Å²) in [6.07, 6.45) is -5.30. The zero-order valence-corrected chi connectivity index (χ0v) is 11.1. The van der Waals surface area contributed by atoms with Crippen molar-refractivity contribution >= 4 is 29.3 Å². The van der Waals surface area contributed by atoms with E-state index in [9.17, 15) is 18.0 Å². The minimum absolute atomic E-state index is 0.109. The molecule has 0 heterocycles. The largest absolute Gasteiger partial charge is 0.440 e. The normalized spacial score (nSPS) is 11.2. The molecule has 0 aromatic heterocycles. The highest BCUT2D eigenvalue weighted by Crippen LogP contribution is 2.21. The molecule has 1 aromatic rings. The van der Waals surface area contributed by atoms with E-state index in [-0.39, 0.29) is 6.54 Å². The molecule has 0 unspecified atom stereocenters. The molecule has 0 atom stereocenters. The second-order valence-corrected chi connectivity index (χ2v) is 4.45. The zero-order valence-electron chi connectivity index (χ0n) is 9.56. The first-order chi connectivity index (χ1) is 8.78. The molecular weight excluding hydrogens is 306 g/mol. The van der Waals surface area contributed by atoms with Crippen LogP contribution in [-0.2, 0) is 11.2 Å². The van der Waals surface area contributed by atoms with Gasteiger partial charge in [-0.25, -0.2) is 4.79 Å². The molecule has 0 aliphatic carbocycles. The second-order valence-electron chi connectivity index (χ2n) is 3.60. The summed E-state index contributed by atoms with van der Waals surface area (Å²) in [5, 5.41) is 3.10. The summed E-state index contributed by atoms with van der Waals surface area (Å²) in [5.74, 6) is 0. The minimum atomic E-state index is -4.53. The van der Waals surface area contributed by atoms with Gasteiger partial charge in [-0.3, -0.25) is 0 Å². The lowest BCUT2D eigenvalue weighted by atomic mass is 10.1. The number of amides is 1. The van der Waals surface area contributed by atoms with Crippen molar-refractivity contribution in [3.05, 3.63) is 33.8 Å². The number of hydrogen-bond donors (Lipinski definition) is 1. The van der Waals surface area contributed by atoms with Gasteiger partial charge in [0.2, 0.25) is 0 Å². The Labute approximate surface area is 117 Å². The first-order valence-electron chi connectivity index (χ1n) is 5.19. The van der Waals surface area contributed by atoms with Crippen LogP contribution in [0.2, 0.25) is 10.0 Å². The Morgan fingerprint density at radius 2 is 2.00 bits per heavy atom. The Kier molecular flexibility index (Phi) is 5.75. The number of benzene rings is 1. The number of alkyl halides is 3. The van der Waals surface area contributed by atoms with Crippen LogP contribution in [-0.4, -0.2) is 25.4 Å². The predicted molar refractivity (Wildman–Crippen MR) is 65.6 cm³/mol. The molecule has 0 aliphatic heterocycles. The van der Waals surface area contributed by atoms with E-state index in [0.29, 0.717) is 16.5 Å². The highest BCUT2D eigenvalue weighted by atomic mass is 35.5. The molecule has 1 rings (SSSR count). The number of rotatable bonds is 4. The molecule has 8 heteroatoms. The van der Waals surface area contributed by atoms with Crippen molar-refractivity contribution in [3.8, 4) is 0 Å². The van der Waals surface area contributed by atoms with E-state index in [2.05, 4.69) is 10.1 Å². The fraction of sp³-hybridized carbons (Fsp3) is 0.364. The van der Waals surface area contributed by atoms with Gasteiger partial charge in [-0.2, -0.15) is 13.2 Å². The average molecular weight is 316 g/mol. The van der Waals surface area contributed by atoms with Crippen molar-refractivity contribution in [2.75, 3.05) is 13.2 Å². The Hall–Kier alpha value is -1.14. The molecular formula is C11H10Cl2F3NO2. The maximum atomic E-state index is 11.8. The number of halogens is 5. The summed E-state index contributed by atoms with van der Waals surface area (Å²) in [4.78, 5) is 10.9. The van der Waals surface area contributed by atoms with Crippen molar-refractivity contribution in [2.45, 2.75) is 12.6 Å². The summed E-state index contributed by atoms with van der Waals surface area (Å²) in [6, 6.07) is 4.85. The van der Waals surface area contributed by atoms with Crippen LogP contribution < -0.4 is 5.32 Å². The third-order valence-corrected chi connectivity index (χ3v) is 2.63. The Morgan fingerprint density at radius 1 is 1.32 bits per heavy atom. The number of ether oxygens (including phenoxy) is 1. The van der Waals surface area contributed by atoms with Crippen LogP contribution in [0.3, 0.4) is 0 Å². The summed E-state index contributed by atoms with van der Waals surface area (Å²) in [6.45, 7) is -1.50. The van der Waals surface area contributed by atoms with Crippen molar-refractivity contribution < 1.29 is 22.7 Å². The minimum Gasteiger partial charge on any atom is -0.440 e. The number of carbonyl (C=O) groups excluding carboxylic acids is 1. The molecule has 106 valence electrons.